The number of hydrazine groups is 1. The van der Waals surface area contributed by atoms with Crippen LogP contribution in [0.25, 0.3) is 0 Å². The van der Waals surface area contributed by atoms with Gasteiger partial charge in [-0.25, -0.2) is 10.0 Å². The summed E-state index contributed by atoms with van der Waals surface area (Å²) in [5, 5.41) is 21.7. The zero-order valence-corrected chi connectivity index (χ0v) is 7.65. The average Bonchev–Trinajstić information content (AvgIpc) is 1.81. The monoisotopic (exact) mass is 162 g/mol. The second kappa shape index (κ2) is 4.66. The third kappa shape index (κ3) is 4.31. The third-order valence-electron chi connectivity index (χ3n) is 1.40. The summed E-state index contributed by atoms with van der Waals surface area (Å²) >= 11 is 0. The summed E-state index contributed by atoms with van der Waals surface area (Å²) in [4.78, 5) is 0. The maximum Gasteiger partial charge on any atom is 0.117 e. The minimum Gasteiger partial charge on any atom is -0.392 e. The van der Waals surface area contributed by atoms with Gasteiger partial charge in [-0.3, -0.25) is 0 Å². The molecule has 4 nitrogen and oxygen atoms in total. The molecule has 0 heterocycles. The topological polar surface area (TPSA) is 46.9 Å². The Morgan fingerprint density at radius 3 is 1.73 bits per heavy atom. The van der Waals surface area contributed by atoms with Gasteiger partial charge in [-0.15, -0.1) is 0 Å². The minimum absolute atomic E-state index is 0.424. The van der Waals surface area contributed by atoms with E-state index in [4.69, 9.17) is 5.11 Å². The Balaban J connectivity index is 3.90. The van der Waals surface area contributed by atoms with E-state index in [-0.39, 0.29) is 0 Å². The molecule has 2 N–H and O–H groups in total. The molecule has 0 aliphatic rings. The molecule has 0 aliphatic carbocycles. The number of aliphatic hydroxyl groups is 2. The smallest absolute Gasteiger partial charge is 0.117 e. The lowest BCUT2D eigenvalue weighted by molar-refractivity contribution is -0.120. The predicted molar refractivity (Wildman–Crippen MR) is 43.8 cm³/mol. The van der Waals surface area contributed by atoms with Gasteiger partial charge in [0.05, 0.1) is 6.10 Å². The van der Waals surface area contributed by atoms with E-state index in [1.165, 1.54) is 0 Å². The molecule has 11 heavy (non-hydrogen) atoms. The first-order chi connectivity index (χ1) is 4.95. The first-order valence-electron chi connectivity index (χ1n) is 3.75. The third-order valence-corrected chi connectivity index (χ3v) is 1.40. The fourth-order valence-corrected chi connectivity index (χ4v) is 0.921. The molecule has 2 unspecified atom stereocenters. The number of aliphatic hydroxyl groups excluding tert-OH is 2. The number of hydrogen-bond donors (Lipinski definition) is 2. The van der Waals surface area contributed by atoms with Crippen LogP contribution in [0.3, 0.4) is 0 Å². The van der Waals surface area contributed by atoms with Gasteiger partial charge >= 0.3 is 0 Å². The van der Waals surface area contributed by atoms with E-state index in [1.807, 2.05) is 14.1 Å². The van der Waals surface area contributed by atoms with Crippen LogP contribution in [0.1, 0.15) is 13.8 Å². The lowest BCUT2D eigenvalue weighted by atomic mass is 10.4. The highest BCUT2D eigenvalue weighted by Gasteiger charge is 2.14. The van der Waals surface area contributed by atoms with E-state index in [9.17, 15) is 5.11 Å². The van der Waals surface area contributed by atoms with Gasteiger partial charge in [-0.2, -0.15) is 0 Å². The molecular formula is C7H18N2O2. The molecule has 0 fully saturated rings. The molecule has 0 amide bonds. The van der Waals surface area contributed by atoms with Gasteiger partial charge < -0.3 is 10.2 Å². The van der Waals surface area contributed by atoms with Crippen molar-refractivity contribution in [3.63, 3.8) is 0 Å². The molecule has 4 heteroatoms. The molecule has 0 aromatic heterocycles. The van der Waals surface area contributed by atoms with Crippen LogP contribution in [0.15, 0.2) is 0 Å². The van der Waals surface area contributed by atoms with Crippen molar-refractivity contribution in [1.29, 1.82) is 0 Å². The summed E-state index contributed by atoms with van der Waals surface area (Å²) in [5.41, 5.74) is 0. The molecule has 68 valence electrons. The van der Waals surface area contributed by atoms with Crippen LogP contribution in [-0.4, -0.2) is 53.2 Å². The molecule has 0 bridgehead atoms. The molecule has 0 saturated heterocycles. The maximum absolute atomic E-state index is 9.20. The standard InChI is InChI=1S/C7H18N2O2/c1-6(10)5-9(7(2)11)8(3)4/h6-7,10-11H,5H2,1-4H3. The summed E-state index contributed by atoms with van der Waals surface area (Å²) < 4.78 is 0. The molecule has 0 aliphatic heterocycles. The summed E-state index contributed by atoms with van der Waals surface area (Å²) in [5.74, 6) is 0. The van der Waals surface area contributed by atoms with E-state index in [0.717, 1.165) is 0 Å². The SMILES string of the molecule is CC(O)CN(C(C)O)N(C)C. The van der Waals surface area contributed by atoms with Gasteiger partial charge in [-0.1, -0.05) is 0 Å². The molecule has 0 spiro atoms. The summed E-state index contributed by atoms with van der Waals surface area (Å²) in [7, 11) is 3.66. The van der Waals surface area contributed by atoms with Crippen molar-refractivity contribution in [1.82, 2.24) is 10.0 Å². The van der Waals surface area contributed by atoms with Crippen molar-refractivity contribution >= 4 is 0 Å². The molecule has 0 radical (unpaired) electrons. The van der Waals surface area contributed by atoms with Crippen LogP contribution in [0.4, 0.5) is 0 Å². The van der Waals surface area contributed by atoms with Crippen molar-refractivity contribution in [2.45, 2.75) is 26.2 Å². The maximum atomic E-state index is 9.20. The van der Waals surface area contributed by atoms with Crippen LogP contribution in [0.5, 0.6) is 0 Å². The molecule has 0 aromatic carbocycles. The van der Waals surface area contributed by atoms with Crippen LogP contribution >= 0.6 is 0 Å². The van der Waals surface area contributed by atoms with Crippen molar-refractivity contribution < 1.29 is 10.2 Å². The average molecular weight is 162 g/mol. The van der Waals surface area contributed by atoms with Crippen molar-refractivity contribution in [3.05, 3.63) is 0 Å². The Morgan fingerprint density at radius 1 is 1.18 bits per heavy atom. The second-order valence-corrected chi connectivity index (χ2v) is 2.95. The Hall–Kier alpha value is -0.160. The Kier molecular flexibility index (Phi) is 4.60. The van der Waals surface area contributed by atoms with E-state index >= 15 is 0 Å². The van der Waals surface area contributed by atoms with Gasteiger partial charge in [-0.05, 0) is 13.8 Å². The molecule has 2 atom stereocenters. The molecule has 0 saturated carbocycles. The van der Waals surface area contributed by atoms with Crippen molar-refractivity contribution in [2.75, 3.05) is 20.6 Å². The largest absolute Gasteiger partial charge is 0.392 e. The lowest BCUT2D eigenvalue weighted by Crippen LogP contribution is -2.46. The van der Waals surface area contributed by atoms with E-state index < -0.39 is 12.3 Å². The highest BCUT2D eigenvalue weighted by molar-refractivity contribution is 4.56. The van der Waals surface area contributed by atoms with Gasteiger partial charge in [0.25, 0.3) is 0 Å². The highest BCUT2D eigenvalue weighted by Crippen LogP contribution is 1.99. The zero-order chi connectivity index (χ0) is 9.02. The number of hydrogen-bond acceptors (Lipinski definition) is 4. The zero-order valence-electron chi connectivity index (χ0n) is 7.65. The predicted octanol–water partition coefficient (Wildman–Crippen LogP) is -0.516. The second-order valence-electron chi connectivity index (χ2n) is 2.95. The quantitative estimate of drug-likeness (QED) is 0.431. The van der Waals surface area contributed by atoms with Crippen LogP contribution in [0, 0.1) is 0 Å². The Morgan fingerprint density at radius 2 is 1.64 bits per heavy atom. The van der Waals surface area contributed by atoms with Crippen LogP contribution in [0.2, 0.25) is 0 Å². The highest BCUT2D eigenvalue weighted by atomic mass is 16.3. The summed E-state index contributed by atoms with van der Waals surface area (Å²) in [6.07, 6.45) is -0.980. The normalized spacial score (nSPS) is 17.5. The van der Waals surface area contributed by atoms with Crippen LogP contribution in [-0.2, 0) is 0 Å². The van der Waals surface area contributed by atoms with E-state index in [2.05, 4.69) is 0 Å². The number of nitrogens with zero attached hydrogens (tertiary/aromatic N) is 2. The van der Waals surface area contributed by atoms with Gasteiger partial charge in [0.15, 0.2) is 0 Å². The minimum atomic E-state index is -0.556. The summed E-state index contributed by atoms with van der Waals surface area (Å²) in [6.45, 7) is 3.81. The van der Waals surface area contributed by atoms with Crippen molar-refractivity contribution in [3.8, 4) is 0 Å². The fraction of sp³-hybridized carbons (Fsp3) is 1.00. The summed E-state index contributed by atoms with van der Waals surface area (Å²) in [6, 6.07) is 0. The Bertz CT molecular complexity index is 96.6. The lowest BCUT2D eigenvalue weighted by Gasteiger charge is -2.32. The van der Waals surface area contributed by atoms with Crippen molar-refractivity contribution in [2.24, 2.45) is 0 Å². The molecular weight excluding hydrogens is 144 g/mol. The Labute approximate surface area is 68.0 Å². The van der Waals surface area contributed by atoms with Gasteiger partial charge in [0.2, 0.25) is 0 Å². The number of rotatable bonds is 4. The fourth-order valence-electron chi connectivity index (χ4n) is 0.921. The first kappa shape index (κ1) is 10.8. The molecule has 0 aromatic rings. The van der Waals surface area contributed by atoms with E-state index in [0.29, 0.717) is 6.54 Å². The van der Waals surface area contributed by atoms with Gasteiger partial charge in [0.1, 0.15) is 6.23 Å². The van der Waals surface area contributed by atoms with Crippen LogP contribution < -0.4 is 0 Å². The first-order valence-corrected chi connectivity index (χ1v) is 3.75. The van der Waals surface area contributed by atoms with E-state index in [1.54, 1.807) is 23.9 Å². The molecule has 0 rings (SSSR count). The van der Waals surface area contributed by atoms with Gasteiger partial charge in [0, 0.05) is 20.6 Å².